The van der Waals surface area contributed by atoms with Gasteiger partial charge in [-0.05, 0) is 153 Å². The SMILES string of the molecule is Cc1cc(C)c(-c2ccc3c(c2)c2ccccc2n3-c2ccc(C(F)(F)F)cc2-c2ccc(C#N)cc2-n2c3ccccc3c3cc(-c4c(C)cc(C)cc4C)ccc32)c(C)c1. The van der Waals surface area contributed by atoms with E-state index in [1.54, 1.807) is 24.3 Å². The van der Waals surface area contributed by atoms with Crippen molar-refractivity contribution < 1.29 is 13.2 Å². The lowest BCUT2D eigenvalue weighted by molar-refractivity contribution is -0.137. The molecule has 10 aromatic rings. The number of rotatable bonds is 5. The number of nitriles is 1. The van der Waals surface area contributed by atoms with Gasteiger partial charge in [0.2, 0.25) is 0 Å². The molecule has 302 valence electrons. The number of halogens is 3. The highest BCUT2D eigenvalue weighted by molar-refractivity contribution is 6.13. The molecule has 3 nitrogen and oxygen atoms in total. The van der Waals surface area contributed by atoms with Crippen LogP contribution in [0.2, 0.25) is 0 Å². The lowest BCUT2D eigenvalue weighted by Crippen LogP contribution is -2.08. The average Bonchev–Trinajstić information content (AvgIpc) is 3.74. The third kappa shape index (κ3) is 6.19. The van der Waals surface area contributed by atoms with Gasteiger partial charge in [-0.15, -0.1) is 0 Å². The van der Waals surface area contributed by atoms with E-state index in [-0.39, 0.29) is 0 Å². The van der Waals surface area contributed by atoms with Crippen molar-refractivity contribution in [2.45, 2.75) is 47.7 Å². The minimum Gasteiger partial charge on any atom is -0.309 e. The summed E-state index contributed by atoms with van der Waals surface area (Å²) in [4.78, 5) is 0. The Kier molecular flexibility index (Phi) is 9.01. The maximum atomic E-state index is 14.9. The molecule has 0 radical (unpaired) electrons. The van der Waals surface area contributed by atoms with Crippen LogP contribution in [0.5, 0.6) is 0 Å². The summed E-state index contributed by atoms with van der Waals surface area (Å²) in [5.74, 6) is 0. The average molecular weight is 814 g/mol. The molecule has 2 heterocycles. The van der Waals surface area contributed by atoms with Gasteiger partial charge in [-0.3, -0.25) is 0 Å². The minimum absolute atomic E-state index is 0.393. The van der Waals surface area contributed by atoms with Crippen LogP contribution in [-0.2, 0) is 6.18 Å². The normalized spacial score (nSPS) is 11.9. The van der Waals surface area contributed by atoms with Crippen LogP contribution in [0.25, 0.3) is 88.4 Å². The van der Waals surface area contributed by atoms with Crippen LogP contribution < -0.4 is 0 Å². The van der Waals surface area contributed by atoms with Crippen LogP contribution in [0.1, 0.15) is 44.5 Å². The van der Waals surface area contributed by atoms with E-state index in [4.69, 9.17) is 0 Å². The molecular weight excluding hydrogens is 772 g/mol. The molecule has 2 aromatic heterocycles. The second kappa shape index (κ2) is 14.4. The molecule has 0 saturated carbocycles. The molecule has 0 unspecified atom stereocenters. The summed E-state index contributed by atoms with van der Waals surface area (Å²) in [7, 11) is 0. The number of hydrogen-bond acceptors (Lipinski definition) is 1. The van der Waals surface area contributed by atoms with Gasteiger partial charge in [0.25, 0.3) is 0 Å². The summed E-state index contributed by atoms with van der Waals surface area (Å²) in [5, 5.41) is 14.3. The Morgan fingerprint density at radius 2 is 0.903 bits per heavy atom. The fourth-order valence-electron chi connectivity index (χ4n) is 10.2. The van der Waals surface area contributed by atoms with Crippen molar-refractivity contribution in [1.29, 1.82) is 5.26 Å². The van der Waals surface area contributed by atoms with Crippen LogP contribution >= 0.6 is 0 Å². The monoisotopic (exact) mass is 813 g/mol. The van der Waals surface area contributed by atoms with Crippen LogP contribution in [0.4, 0.5) is 13.2 Å². The lowest BCUT2D eigenvalue weighted by Gasteiger charge is -2.20. The van der Waals surface area contributed by atoms with E-state index in [9.17, 15) is 18.4 Å². The van der Waals surface area contributed by atoms with Crippen molar-refractivity contribution in [2.75, 3.05) is 0 Å². The van der Waals surface area contributed by atoms with Gasteiger partial charge in [0, 0.05) is 32.7 Å². The van der Waals surface area contributed by atoms with Crippen molar-refractivity contribution >= 4 is 43.6 Å². The van der Waals surface area contributed by atoms with Gasteiger partial charge in [0.15, 0.2) is 0 Å². The number of benzene rings is 8. The summed E-state index contributed by atoms with van der Waals surface area (Å²) in [5.41, 5.74) is 17.0. The smallest absolute Gasteiger partial charge is 0.309 e. The standard InChI is InChI=1S/C56H42F3N3/c1-32-23-34(3)54(35(4)24-32)39-16-20-50-45(28-39)42-11-7-9-13-48(42)61(50)52-22-18-41(56(57,58)59)30-47(52)44-19-15-38(31-60)27-53(44)62-49-14-10-8-12-43(49)46-29-40(17-21-51(46)62)55-36(5)25-33(2)26-37(55)6/h7-30H,1-6H3. The van der Waals surface area contributed by atoms with Crippen LogP contribution in [0, 0.1) is 52.9 Å². The van der Waals surface area contributed by atoms with Crippen LogP contribution in [0.3, 0.4) is 0 Å². The number of alkyl halides is 3. The Labute approximate surface area is 358 Å². The molecule has 0 aliphatic heterocycles. The van der Waals surface area contributed by atoms with Crippen molar-refractivity contribution in [2.24, 2.45) is 0 Å². The maximum Gasteiger partial charge on any atom is 0.416 e. The van der Waals surface area contributed by atoms with Crippen LogP contribution in [-0.4, -0.2) is 9.13 Å². The third-order valence-corrected chi connectivity index (χ3v) is 12.5. The Morgan fingerprint density at radius 3 is 1.39 bits per heavy atom. The largest absolute Gasteiger partial charge is 0.416 e. The highest BCUT2D eigenvalue weighted by atomic mass is 19.4. The minimum atomic E-state index is -4.60. The molecule has 0 spiro atoms. The zero-order valence-corrected chi connectivity index (χ0v) is 35.3. The number of para-hydroxylation sites is 2. The maximum absolute atomic E-state index is 14.9. The number of hydrogen-bond donors (Lipinski definition) is 0. The van der Waals surface area contributed by atoms with Gasteiger partial charge >= 0.3 is 6.18 Å². The molecule has 62 heavy (non-hydrogen) atoms. The van der Waals surface area contributed by atoms with Gasteiger partial charge in [-0.25, -0.2) is 0 Å². The topological polar surface area (TPSA) is 33.6 Å². The Balaban J connectivity index is 1.26. The summed E-state index contributed by atoms with van der Waals surface area (Å²) < 4.78 is 48.8. The first-order chi connectivity index (χ1) is 29.8. The first kappa shape index (κ1) is 38.8. The Hall–Kier alpha value is -7.36. The molecule has 0 N–H and O–H groups in total. The number of nitrogens with zero attached hydrogens (tertiary/aromatic N) is 3. The molecule has 8 aromatic carbocycles. The molecular formula is C56H42F3N3. The van der Waals surface area contributed by atoms with Gasteiger partial charge in [-0.1, -0.05) is 90.0 Å². The number of fused-ring (bicyclic) bond motifs is 6. The van der Waals surface area contributed by atoms with Gasteiger partial charge in [0.05, 0.1) is 50.6 Å². The van der Waals surface area contributed by atoms with Gasteiger partial charge in [0.1, 0.15) is 0 Å². The Bertz CT molecular complexity index is 3490. The van der Waals surface area contributed by atoms with E-state index in [0.29, 0.717) is 28.1 Å². The highest BCUT2D eigenvalue weighted by Crippen LogP contribution is 2.45. The summed E-state index contributed by atoms with van der Waals surface area (Å²) in [6, 6.07) is 49.5. The molecule has 0 saturated heterocycles. The fraction of sp³-hybridized carbons (Fsp3) is 0.125. The first-order valence-corrected chi connectivity index (χ1v) is 20.8. The number of aryl methyl sites for hydroxylation is 6. The highest BCUT2D eigenvalue weighted by Gasteiger charge is 2.32. The van der Waals surface area contributed by atoms with Crippen molar-refractivity contribution in [3.63, 3.8) is 0 Å². The lowest BCUT2D eigenvalue weighted by atomic mass is 9.93. The summed E-state index contributed by atoms with van der Waals surface area (Å²) in [6.07, 6.45) is -4.60. The zero-order valence-electron chi connectivity index (χ0n) is 35.3. The summed E-state index contributed by atoms with van der Waals surface area (Å²) >= 11 is 0. The van der Waals surface area contributed by atoms with E-state index in [0.717, 1.165) is 54.7 Å². The predicted molar refractivity (Wildman–Crippen MR) is 250 cm³/mol. The predicted octanol–water partition coefficient (Wildman–Crippen LogP) is 15.6. The van der Waals surface area contributed by atoms with E-state index < -0.39 is 11.7 Å². The van der Waals surface area contributed by atoms with E-state index >= 15 is 0 Å². The first-order valence-electron chi connectivity index (χ1n) is 20.8. The van der Waals surface area contributed by atoms with Crippen molar-refractivity contribution in [1.82, 2.24) is 9.13 Å². The van der Waals surface area contributed by atoms with E-state index in [1.165, 1.54) is 56.6 Å². The molecule has 0 atom stereocenters. The summed E-state index contributed by atoms with van der Waals surface area (Å²) in [6.45, 7) is 12.7. The molecule has 0 fully saturated rings. The van der Waals surface area contributed by atoms with Crippen LogP contribution in [0.15, 0.2) is 146 Å². The molecule has 0 aliphatic carbocycles. The third-order valence-electron chi connectivity index (χ3n) is 12.5. The Morgan fingerprint density at radius 1 is 0.435 bits per heavy atom. The second-order valence-corrected chi connectivity index (χ2v) is 16.8. The molecule has 6 heteroatoms. The molecule has 0 bridgehead atoms. The quantitative estimate of drug-likeness (QED) is 0.170. The fourth-order valence-corrected chi connectivity index (χ4v) is 10.2. The van der Waals surface area contributed by atoms with Crippen molar-refractivity contribution in [3.05, 3.63) is 190 Å². The zero-order chi connectivity index (χ0) is 43.2. The second-order valence-electron chi connectivity index (χ2n) is 16.8. The van der Waals surface area contributed by atoms with Gasteiger partial charge < -0.3 is 9.13 Å². The molecule has 0 amide bonds. The molecule has 10 rings (SSSR count). The number of aromatic nitrogens is 2. The van der Waals surface area contributed by atoms with Crippen molar-refractivity contribution in [3.8, 4) is 50.8 Å². The van der Waals surface area contributed by atoms with E-state index in [2.05, 4.69) is 130 Å². The molecule has 0 aliphatic rings. The van der Waals surface area contributed by atoms with Gasteiger partial charge in [-0.2, -0.15) is 18.4 Å². The van der Waals surface area contributed by atoms with E-state index in [1.807, 2.05) is 36.4 Å².